The van der Waals surface area contributed by atoms with Gasteiger partial charge in [-0.05, 0) is 12.8 Å². The first-order valence-corrected chi connectivity index (χ1v) is 5.52. The van der Waals surface area contributed by atoms with Crippen LogP contribution in [0.1, 0.15) is 12.8 Å². The van der Waals surface area contributed by atoms with E-state index in [0.29, 0.717) is 0 Å². The minimum Gasteiger partial charge on any atom is -0.396 e. The van der Waals surface area contributed by atoms with E-state index in [1.165, 1.54) is 14.2 Å². The van der Waals surface area contributed by atoms with Crippen molar-refractivity contribution >= 4 is 9.05 Å². The van der Waals surface area contributed by atoms with Crippen LogP contribution in [0.5, 0.6) is 0 Å². The standard InChI is InChI=1S/C4H10O2.C2H8O4Si/c5-3-1-2-4-6;1-5-7(3,4)6-2/h5-6H,1-4H2;3-4H,1-2H3. The monoisotopic (exact) mass is 214 g/mol. The number of aliphatic hydroxyl groups excluding tert-OH is 2. The van der Waals surface area contributed by atoms with E-state index in [2.05, 4.69) is 8.85 Å². The zero-order valence-electron chi connectivity index (χ0n) is 7.93. The van der Waals surface area contributed by atoms with E-state index in [0.717, 1.165) is 12.8 Å². The molecule has 4 N–H and O–H groups in total. The molecule has 0 aliphatic carbocycles. The molecule has 0 rings (SSSR count). The summed E-state index contributed by atoms with van der Waals surface area (Å²) < 4.78 is 8.23. The van der Waals surface area contributed by atoms with Gasteiger partial charge < -0.3 is 28.7 Å². The first-order valence-electron chi connectivity index (χ1n) is 3.80. The Morgan fingerprint density at radius 2 is 1.23 bits per heavy atom. The van der Waals surface area contributed by atoms with Gasteiger partial charge in [-0.25, -0.2) is 0 Å². The lowest BCUT2D eigenvalue weighted by Crippen LogP contribution is -2.40. The SMILES string of the molecule is CO[Si](O)(O)OC.OCCCCO. The quantitative estimate of drug-likeness (QED) is 0.327. The van der Waals surface area contributed by atoms with Gasteiger partial charge in [0.25, 0.3) is 0 Å². The predicted octanol–water partition coefficient (Wildman–Crippen LogP) is -1.55. The van der Waals surface area contributed by atoms with E-state index in [-0.39, 0.29) is 13.2 Å². The van der Waals surface area contributed by atoms with Crippen LogP contribution in [0.4, 0.5) is 0 Å². The molecule has 0 aromatic heterocycles. The van der Waals surface area contributed by atoms with Crippen LogP contribution in [0.15, 0.2) is 0 Å². The summed E-state index contributed by atoms with van der Waals surface area (Å²) in [5, 5.41) is 16.2. The van der Waals surface area contributed by atoms with Crippen LogP contribution in [-0.4, -0.2) is 56.3 Å². The van der Waals surface area contributed by atoms with Crippen LogP contribution >= 0.6 is 0 Å². The van der Waals surface area contributed by atoms with Crippen molar-refractivity contribution in [3.05, 3.63) is 0 Å². The molecule has 0 unspecified atom stereocenters. The lowest BCUT2D eigenvalue weighted by molar-refractivity contribution is 0.0634. The van der Waals surface area contributed by atoms with Gasteiger partial charge in [0.15, 0.2) is 0 Å². The molecular weight excluding hydrogens is 196 g/mol. The van der Waals surface area contributed by atoms with E-state index in [1.54, 1.807) is 0 Å². The fourth-order valence-corrected chi connectivity index (χ4v) is 0.474. The summed E-state index contributed by atoms with van der Waals surface area (Å²) in [6, 6.07) is 0. The topological polar surface area (TPSA) is 99.4 Å². The molecule has 0 aromatic carbocycles. The van der Waals surface area contributed by atoms with Gasteiger partial charge in [-0.3, -0.25) is 0 Å². The van der Waals surface area contributed by atoms with Gasteiger partial charge in [0.2, 0.25) is 0 Å². The first-order chi connectivity index (χ1) is 6.04. The molecule has 0 amide bonds. The number of rotatable bonds is 5. The maximum atomic E-state index is 8.38. The molecule has 13 heavy (non-hydrogen) atoms. The molecule has 0 aliphatic heterocycles. The molecule has 6 nitrogen and oxygen atoms in total. The predicted molar refractivity (Wildman–Crippen MR) is 47.6 cm³/mol. The number of unbranched alkanes of at least 4 members (excludes halogenated alkanes) is 1. The summed E-state index contributed by atoms with van der Waals surface area (Å²) in [4.78, 5) is 16.8. The molecule has 0 heterocycles. The molecule has 0 aliphatic rings. The van der Waals surface area contributed by atoms with Crippen molar-refractivity contribution in [1.82, 2.24) is 0 Å². The molecule has 0 atom stereocenters. The molecule has 0 fully saturated rings. The largest absolute Gasteiger partial charge is 0.673 e. The Bertz CT molecular complexity index is 89.1. The molecule has 0 radical (unpaired) electrons. The minimum atomic E-state index is -3.65. The van der Waals surface area contributed by atoms with Crippen molar-refractivity contribution in [2.45, 2.75) is 12.8 Å². The van der Waals surface area contributed by atoms with Crippen molar-refractivity contribution in [3.63, 3.8) is 0 Å². The van der Waals surface area contributed by atoms with Crippen LogP contribution in [0.3, 0.4) is 0 Å². The first kappa shape index (κ1) is 15.4. The third-order valence-corrected chi connectivity index (χ3v) is 2.16. The Morgan fingerprint density at radius 3 is 1.31 bits per heavy atom. The van der Waals surface area contributed by atoms with E-state index >= 15 is 0 Å². The average Bonchev–Trinajstić information content (AvgIpc) is 2.16. The van der Waals surface area contributed by atoms with Crippen molar-refractivity contribution in [2.24, 2.45) is 0 Å². The van der Waals surface area contributed by atoms with E-state index in [4.69, 9.17) is 19.8 Å². The van der Waals surface area contributed by atoms with Crippen LogP contribution in [0.25, 0.3) is 0 Å². The van der Waals surface area contributed by atoms with Crippen molar-refractivity contribution in [1.29, 1.82) is 0 Å². The van der Waals surface area contributed by atoms with Gasteiger partial charge in [-0.2, -0.15) is 0 Å². The van der Waals surface area contributed by atoms with Gasteiger partial charge in [0, 0.05) is 27.4 Å². The molecule has 0 bridgehead atoms. The highest BCUT2D eigenvalue weighted by Crippen LogP contribution is 1.89. The molecule has 0 saturated heterocycles. The normalized spacial score (nSPS) is 10.6. The summed E-state index contributed by atoms with van der Waals surface area (Å²) in [5.74, 6) is 0. The second-order valence-electron chi connectivity index (χ2n) is 2.11. The van der Waals surface area contributed by atoms with Gasteiger partial charge in [-0.1, -0.05) is 0 Å². The average molecular weight is 214 g/mol. The molecule has 82 valence electrons. The fraction of sp³-hybridized carbons (Fsp3) is 1.00. The summed E-state index contributed by atoms with van der Waals surface area (Å²) in [5.41, 5.74) is 0. The third kappa shape index (κ3) is 14.8. The zero-order valence-corrected chi connectivity index (χ0v) is 8.93. The Morgan fingerprint density at radius 1 is 0.923 bits per heavy atom. The summed E-state index contributed by atoms with van der Waals surface area (Å²) in [7, 11) is -1.30. The maximum Gasteiger partial charge on any atom is 0.673 e. The highest BCUT2D eigenvalue weighted by molar-refractivity contribution is 6.50. The van der Waals surface area contributed by atoms with Gasteiger partial charge in [0.1, 0.15) is 0 Å². The van der Waals surface area contributed by atoms with E-state index in [1.807, 2.05) is 0 Å². The van der Waals surface area contributed by atoms with E-state index in [9.17, 15) is 0 Å². The smallest absolute Gasteiger partial charge is 0.396 e. The molecule has 0 spiro atoms. The second kappa shape index (κ2) is 10.1. The highest BCUT2D eigenvalue weighted by Gasteiger charge is 2.32. The summed E-state index contributed by atoms with van der Waals surface area (Å²) >= 11 is 0. The lowest BCUT2D eigenvalue weighted by atomic mass is 10.3. The number of hydrogen-bond donors (Lipinski definition) is 4. The van der Waals surface area contributed by atoms with Crippen LogP contribution in [-0.2, 0) is 8.85 Å². The molecule has 0 saturated carbocycles. The van der Waals surface area contributed by atoms with Crippen molar-refractivity contribution < 1.29 is 28.7 Å². The zero-order chi connectivity index (χ0) is 10.7. The summed E-state index contributed by atoms with van der Waals surface area (Å²) in [6.07, 6.45) is 1.44. The Hall–Kier alpha value is -0.0231. The molecule has 0 aromatic rings. The van der Waals surface area contributed by atoms with Crippen molar-refractivity contribution in [3.8, 4) is 0 Å². The third-order valence-electron chi connectivity index (χ3n) is 1.10. The Balaban J connectivity index is 0. The lowest BCUT2D eigenvalue weighted by Gasteiger charge is -2.08. The second-order valence-corrected chi connectivity index (χ2v) is 4.02. The van der Waals surface area contributed by atoms with Crippen LogP contribution < -0.4 is 0 Å². The molecule has 7 heteroatoms. The Labute approximate surface area is 78.8 Å². The fourth-order valence-electron chi connectivity index (χ4n) is 0.307. The van der Waals surface area contributed by atoms with Gasteiger partial charge in [0.05, 0.1) is 0 Å². The highest BCUT2D eigenvalue weighted by atomic mass is 28.4. The van der Waals surface area contributed by atoms with Crippen molar-refractivity contribution in [2.75, 3.05) is 27.4 Å². The summed E-state index contributed by atoms with van der Waals surface area (Å²) in [6.45, 7) is 0.390. The van der Waals surface area contributed by atoms with Crippen LogP contribution in [0.2, 0.25) is 0 Å². The Kier molecular flexibility index (Phi) is 12.0. The van der Waals surface area contributed by atoms with E-state index < -0.39 is 9.05 Å². The van der Waals surface area contributed by atoms with Crippen LogP contribution in [0, 0.1) is 0 Å². The van der Waals surface area contributed by atoms with Gasteiger partial charge >= 0.3 is 9.05 Å². The number of hydrogen-bond acceptors (Lipinski definition) is 6. The molecular formula is C6H18O6Si. The maximum absolute atomic E-state index is 8.38. The minimum absolute atomic E-state index is 0.195. The number of aliphatic hydroxyl groups is 2. The van der Waals surface area contributed by atoms with Gasteiger partial charge in [-0.15, -0.1) is 0 Å².